The zero-order chi connectivity index (χ0) is 13.1. The van der Waals surface area contributed by atoms with Gasteiger partial charge in [0.05, 0.1) is 11.5 Å². The van der Waals surface area contributed by atoms with Crippen LogP contribution in [0.2, 0.25) is 0 Å². The number of nitrogens with two attached hydrogens (primary N) is 1. The maximum absolute atomic E-state index is 12.4. The van der Waals surface area contributed by atoms with E-state index in [4.69, 9.17) is 10.8 Å². The lowest BCUT2D eigenvalue weighted by molar-refractivity contribution is -0.141. The molecule has 0 bridgehead atoms. The molecule has 102 valence electrons. The van der Waals surface area contributed by atoms with E-state index in [0.717, 1.165) is 12.1 Å². The fourth-order valence-electron chi connectivity index (χ4n) is 1.43. The van der Waals surface area contributed by atoms with Crippen LogP contribution in [0.1, 0.15) is 11.1 Å². The highest BCUT2D eigenvalue weighted by Crippen LogP contribution is 2.29. The minimum absolute atomic E-state index is 0. The Kier molecular flexibility index (Phi) is 6.14. The predicted octanol–water partition coefficient (Wildman–Crippen LogP) is 2.33. The summed E-state index contributed by atoms with van der Waals surface area (Å²) in [5, 5.41) is 8.76. The zero-order valence-electron chi connectivity index (χ0n) is 9.28. The smallest absolute Gasteiger partial charge is 0.416 e. The maximum atomic E-state index is 12.4. The van der Waals surface area contributed by atoms with Crippen LogP contribution in [0.15, 0.2) is 24.3 Å². The average molecular weight is 284 g/mol. The van der Waals surface area contributed by atoms with Crippen molar-refractivity contribution in [2.75, 3.05) is 6.54 Å². The quantitative estimate of drug-likeness (QED) is 0.891. The van der Waals surface area contributed by atoms with Gasteiger partial charge in [0.15, 0.2) is 0 Å². The van der Waals surface area contributed by atoms with Gasteiger partial charge in [-0.15, -0.1) is 12.4 Å². The van der Waals surface area contributed by atoms with Crippen molar-refractivity contribution in [2.24, 2.45) is 11.7 Å². The molecule has 0 aliphatic rings. The van der Waals surface area contributed by atoms with Crippen molar-refractivity contribution >= 4 is 18.4 Å². The average Bonchev–Trinajstić information content (AvgIpc) is 2.24. The predicted molar refractivity (Wildman–Crippen MR) is 62.6 cm³/mol. The molecule has 0 spiro atoms. The van der Waals surface area contributed by atoms with Gasteiger partial charge in [-0.1, -0.05) is 18.2 Å². The number of halogens is 4. The van der Waals surface area contributed by atoms with E-state index in [1.54, 1.807) is 0 Å². The van der Waals surface area contributed by atoms with Gasteiger partial charge in [0.1, 0.15) is 0 Å². The second kappa shape index (κ2) is 6.61. The third-order valence-corrected chi connectivity index (χ3v) is 2.37. The summed E-state index contributed by atoms with van der Waals surface area (Å²) >= 11 is 0. The first-order chi connectivity index (χ1) is 7.84. The molecule has 1 rings (SSSR count). The molecule has 0 saturated heterocycles. The summed E-state index contributed by atoms with van der Waals surface area (Å²) in [5.41, 5.74) is 4.78. The maximum Gasteiger partial charge on any atom is 0.416 e. The highest BCUT2D eigenvalue weighted by atomic mass is 35.5. The molecule has 1 aromatic rings. The third kappa shape index (κ3) is 4.54. The molecule has 0 unspecified atom stereocenters. The largest absolute Gasteiger partial charge is 0.481 e. The molecule has 0 saturated carbocycles. The summed E-state index contributed by atoms with van der Waals surface area (Å²) in [4.78, 5) is 10.7. The molecule has 1 aromatic carbocycles. The van der Waals surface area contributed by atoms with Gasteiger partial charge < -0.3 is 10.8 Å². The standard InChI is InChI=1S/C11H12F3NO2.ClH/c12-11(13,14)9-3-1-2-7(5-9)4-8(6-15)10(16)17;/h1-3,5,8H,4,6,15H2,(H,16,17);1H/t8-;/m1./s1. The van der Waals surface area contributed by atoms with Gasteiger partial charge in [-0.25, -0.2) is 0 Å². The van der Waals surface area contributed by atoms with Gasteiger partial charge in [0.25, 0.3) is 0 Å². The van der Waals surface area contributed by atoms with Crippen molar-refractivity contribution in [3.8, 4) is 0 Å². The Hall–Kier alpha value is -1.27. The van der Waals surface area contributed by atoms with Gasteiger partial charge in [-0.2, -0.15) is 13.2 Å². The Labute approximate surface area is 108 Å². The van der Waals surface area contributed by atoms with Crippen LogP contribution < -0.4 is 5.73 Å². The molecule has 3 nitrogen and oxygen atoms in total. The van der Waals surface area contributed by atoms with Crippen molar-refractivity contribution < 1.29 is 23.1 Å². The number of carboxylic acids is 1. The first kappa shape index (κ1) is 16.7. The summed E-state index contributed by atoms with van der Waals surface area (Å²) < 4.78 is 37.2. The lowest BCUT2D eigenvalue weighted by Gasteiger charge is -2.12. The Morgan fingerprint density at radius 2 is 2.00 bits per heavy atom. The van der Waals surface area contributed by atoms with Crippen molar-refractivity contribution in [3.05, 3.63) is 35.4 Å². The molecular weight excluding hydrogens is 271 g/mol. The minimum atomic E-state index is -4.42. The fraction of sp³-hybridized carbons (Fsp3) is 0.364. The lowest BCUT2D eigenvalue weighted by Crippen LogP contribution is -2.25. The molecule has 18 heavy (non-hydrogen) atoms. The number of benzene rings is 1. The summed E-state index contributed by atoms with van der Waals surface area (Å²) in [6, 6.07) is 4.61. The number of rotatable bonds is 4. The third-order valence-electron chi connectivity index (χ3n) is 2.37. The van der Waals surface area contributed by atoms with Crippen LogP contribution in [0.3, 0.4) is 0 Å². The number of aliphatic carboxylic acids is 1. The molecule has 0 aromatic heterocycles. The molecular formula is C11H13ClF3NO2. The van der Waals surface area contributed by atoms with Gasteiger partial charge in [0.2, 0.25) is 0 Å². The van der Waals surface area contributed by atoms with Crippen molar-refractivity contribution in [3.63, 3.8) is 0 Å². The van der Waals surface area contributed by atoms with Crippen molar-refractivity contribution in [2.45, 2.75) is 12.6 Å². The molecule has 0 heterocycles. The van der Waals surface area contributed by atoms with E-state index in [2.05, 4.69) is 0 Å². The Morgan fingerprint density at radius 1 is 1.39 bits per heavy atom. The number of carboxylic acid groups (broad SMARTS) is 1. The molecule has 1 atom stereocenters. The van der Waals surface area contributed by atoms with Gasteiger partial charge in [0, 0.05) is 6.54 Å². The molecule has 0 radical (unpaired) electrons. The van der Waals surface area contributed by atoms with E-state index in [-0.39, 0.29) is 25.4 Å². The SMILES string of the molecule is Cl.NC[C@@H](Cc1cccc(C(F)(F)F)c1)C(=O)O. The number of carbonyl (C=O) groups is 1. The molecule has 0 aliphatic carbocycles. The number of hydrogen-bond acceptors (Lipinski definition) is 2. The monoisotopic (exact) mass is 283 g/mol. The van der Waals surface area contributed by atoms with Crippen molar-refractivity contribution in [1.82, 2.24) is 0 Å². The van der Waals surface area contributed by atoms with Gasteiger partial charge >= 0.3 is 12.1 Å². The first-order valence-electron chi connectivity index (χ1n) is 4.93. The summed E-state index contributed by atoms with van der Waals surface area (Å²) in [7, 11) is 0. The Morgan fingerprint density at radius 3 is 2.44 bits per heavy atom. The molecule has 7 heteroatoms. The Bertz CT molecular complexity index is 410. The highest BCUT2D eigenvalue weighted by molar-refractivity contribution is 5.85. The van der Waals surface area contributed by atoms with E-state index >= 15 is 0 Å². The minimum Gasteiger partial charge on any atom is -0.481 e. The van der Waals surface area contributed by atoms with Crippen LogP contribution in [0.4, 0.5) is 13.2 Å². The van der Waals surface area contributed by atoms with Crippen LogP contribution in [-0.4, -0.2) is 17.6 Å². The van der Waals surface area contributed by atoms with Crippen LogP contribution >= 0.6 is 12.4 Å². The summed E-state index contributed by atoms with van der Waals surface area (Å²) in [6.45, 7) is -0.106. The van der Waals surface area contributed by atoms with Crippen LogP contribution in [0, 0.1) is 5.92 Å². The molecule has 0 fully saturated rings. The Balaban J connectivity index is 0.00000289. The number of hydrogen-bond donors (Lipinski definition) is 2. The van der Waals surface area contributed by atoms with E-state index in [0.29, 0.717) is 5.56 Å². The highest BCUT2D eigenvalue weighted by Gasteiger charge is 2.30. The first-order valence-corrected chi connectivity index (χ1v) is 4.93. The van der Waals surface area contributed by atoms with E-state index in [1.807, 2.05) is 0 Å². The van der Waals surface area contributed by atoms with Crippen LogP contribution in [0.25, 0.3) is 0 Å². The van der Waals surface area contributed by atoms with Gasteiger partial charge in [-0.3, -0.25) is 4.79 Å². The van der Waals surface area contributed by atoms with Crippen LogP contribution in [0.5, 0.6) is 0 Å². The van der Waals surface area contributed by atoms with E-state index < -0.39 is 23.6 Å². The summed E-state index contributed by atoms with van der Waals surface area (Å²) in [5.74, 6) is -1.97. The second-order valence-corrected chi connectivity index (χ2v) is 3.67. The fourth-order valence-corrected chi connectivity index (χ4v) is 1.43. The van der Waals surface area contributed by atoms with E-state index in [1.165, 1.54) is 12.1 Å². The molecule has 0 amide bonds. The zero-order valence-corrected chi connectivity index (χ0v) is 10.1. The molecule has 0 aliphatic heterocycles. The number of alkyl halides is 3. The normalized spacial score (nSPS) is 12.7. The van der Waals surface area contributed by atoms with Crippen molar-refractivity contribution in [1.29, 1.82) is 0 Å². The van der Waals surface area contributed by atoms with Gasteiger partial charge in [-0.05, 0) is 18.1 Å². The van der Waals surface area contributed by atoms with Crippen LogP contribution in [-0.2, 0) is 17.4 Å². The van der Waals surface area contributed by atoms with E-state index in [9.17, 15) is 18.0 Å². The second-order valence-electron chi connectivity index (χ2n) is 3.67. The lowest BCUT2D eigenvalue weighted by atomic mass is 9.98. The topological polar surface area (TPSA) is 63.3 Å². The molecule has 3 N–H and O–H groups in total. The summed E-state index contributed by atoms with van der Waals surface area (Å²) in [6.07, 6.45) is -4.42.